The number of carbonyl (C=O) groups excluding carboxylic acids is 2. The standard InChI is InChI=1S/C32H37N3O6/c1-20-10-12-24(13-11-20)27(17-30(36)37)33-32(39)25-14-15-29(35-21(2)18-40-19-22(35)3)28(16-25)34-31(38)23(4)41-26-8-6-5-7-9-26/h5-16,21-23,27H,17-19H2,1-4H3,(H,33,39)(H,34,38)(H,36,37). The number of benzene rings is 3. The van der Waals surface area contributed by atoms with E-state index in [9.17, 15) is 19.5 Å². The van der Waals surface area contributed by atoms with E-state index in [1.807, 2.05) is 69.3 Å². The number of amides is 2. The quantitative estimate of drug-likeness (QED) is 0.321. The number of carbonyl (C=O) groups is 3. The average Bonchev–Trinajstić information content (AvgIpc) is 2.94. The molecule has 3 aromatic rings. The summed E-state index contributed by atoms with van der Waals surface area (Å²) in [5.41, 5.74) is 3.22. The van der Waals surface area contributed by atoms with E-state index < -0.39 is 24.0 Å². The lowest BCUT2D eigenvalue weighted by molar-refractivity contribution is -0.137. The molecule has 3 aromatic carbocycles. The summed E-state index contributed by atoms with van der Waals surface area (Å²) >= 11 is 0. The molecule has 1 heterocycles. The number of aliphatic carboxylic acids is 1. The molecule has 9 nitrogen and oxygen atoms in total. The molecule has 0 saturated carbocycles. The molecule has 4 rings (SSSR count). The first kappa shape index (κ1) is 29.6. The number of hydrogen-bond donors (Lipinski definition) is 3. The molecule has 0 spiro atoms. The zero-order valence-corrected chi connectivity index (χ0v) is 23.8. The van der Waals surface area contributed by atoms with E-state index in [4.69, 9.17) is 9.47 Å². The first-order chi connectivity index (χ1) is 19.6. The first-order valence-electron chi connectivity index (χ1n) is 13.7. The van der Waals surface area contributed by atoms with Gasteiger partial charge in [0, 0.05) is 17.6 Å². The van der Waals surface area contributed by atoms with E-state index >= 15 is 0 Å². The van der Waals surface area contributed by atoms with Crippen LogP contribution in [-0.4, -0.2) is 54.3 Å². The van der Waals surface area contributed by atoms with Gasteiger partial charge in [0.2, 0.25) is 0 Å². The van der Waals surface area contributed by atoms with E-state index in [0.717, 1.165) is 11.3 Å². The monoisotopic (exact) mass is 559 g/mol. The lowest BCUT2D eigenvalue weighted by Crippen LogP contribution is -2.50. The maximum absolute atomic E-state index is 13.4. The van der Waals surface area contributed by atoms with Crippen LogP contribution in [0.5, 0.6) is 5.75 Å². The normalized spacial score (nSPS) is 18.2. The largest absolute Gasteiger partial charge is 0.481 e. The van der Waals surface area contributed by atoms with Crippen LogP contribution in [0, 0.1) is 6.92 Å². The number of nitrogens with one attached hydrogen (secondary N) is 2. The average molecular weight is 560 g/mol. The molecule has 1 aliphatic heterocycles. The fraction of sp³-hybridized carbons (Fsp3) is 0.344. The SMILES string of the molecule is Cc1ccc(C(CC(=O)O)NC(=O)c2ccc(N3C(C)COCC3C)c(NC(=O)C(C)Oc3ccccc3)c2)cc1. The van der Waals surface area contributed by atoms with Crippen LogP contribution in [0.2, 0.25) is 0 Å². The van der Waals surface area contributed by atoms with Crippen molar-refractivity contribution in [2.24, 2.45) is 0 Å². The second-order valence-electron chi connectivity index (χ2n) is 10.5. The summed E-state index contributed by atoms with van der Waals surface area (Å²) in [7, 11) is 0. The van der Waals surface area contributed by atoms with Crippen molar-refractivity contribution >= 4 is 29.2 Å². The lowest BCUT2D eigenvalue weighted by Gasteiger charge is -2.41. The minimum atomic E-state index is -1.03. The fourth-order valence-electron chi connectivity index (χ4n) is 4.94. The number of carboxylic acids is 1. The Morgan fingerprint density at radius 2 is 1.66 bits per heavy atom. The van der Waals surface area contributed by atoms with Crippen molar-refractivity contribution in [3.63, 3.8) is 0 Å². The molecule has 3 N–H and O–H groups in total. The zero-order valence-electron chi connectivity index (χ0n) is 23.8. The van der Waals surface area contributed by atoms with Gasteiger partial charge in [-0.1, -0.05) is 48.0 Å². The van der Waals surface area contributed by atoms with E-state index in [1.54, 1.807) is 31.2 Å². The molecule has 0 radical (unpaired) electrons. The molecule has 2 amide bonds. The Balaban J connectivity index is 1.62. The van der Waals surface area contributed by atoms with Gasteiger partial charge in [-0.05, 0) is 63.6 Å². The highest BCUT2D eigenvalue weighted by Gasteiger charge is 2.29. The second-order valence-corrected chi connectivity index (χ2v) is 10.5. The topological polar surface area (TPSA) is 117 Å². The van der Waals surface area contributed by atoms with Crippen LogP contribution in [0.1, 0.15) is 54.7 Å². The van der Waals surface area contributed by atoms with Gasteiger partial charge in [-0.3, -0.25) is 14.4 Å². The van der Waals surface area contributed by atoms with Crippen molar-refractivity contribution < 1.29 is 29.0 Å². The number of aryl methyl sites for hydroxylation is 1. The van der Waals surface area contributed by atoms with E-state index in [2.05, 4.69) is 15.5 Å². The summed E-state index contributed by atoms with van der Waals surface area (Å²) in [5.74, 6) is -1.28. The number of carboxylic acid groups (broad SMARTS) is 1. The summed E-state index contributed by atoms with van der Waals surface area (Å²) in [4.78, 5) is 40.5. The number of morpholine rings is 1. The van der Waals surface area contributed by atoms with Gasteiger partial charge in [-0.15, -0.1) is 0 Å². The molecule has 0 bridgehead atoms. The third kappa shape index (κ3) is 7.64. The smallest absolute Gasteiger partial charge is 0.305 e. The molecule has 4 unspecified atom stereocenters. The van der Waals surface area contributed by atoms with Crippen molar-refractivity contribution in [2.75, 3.05) is 23.4 Å². The number of anilines is 2. The fourth-order valence-corrected chi connectivity index (χ4v) is 4.94. The van der Waals surface area contributed by atoms with Gasteiger partial charge in [-0.2, -0.15) is 0 Å². The van der Waals surface area contributed by atoms with Gasteiger partial charge < -0.3 is 30.1 Å². The minimum absolute atomic E-state index is 0.0357. The van der Waals surface area contributed by atoms with Gasteiger partial charge in [0.05, 0.1) is 37.1 Å². The third-order valence-electron chi connectivity index (χ3n) is 7.05. The van der Waals surface area contributed by atoms with E-state index in [0.29, 0.717) is 30.2 Å². The molecule has 0 aliphatic carbocycles. The first-order valence-corrected chi connectivity index (χ1v) is 13.7. The van der Waals surface area contributed by atoms with Crippen LogP contribution in [0.15, 0.2) is 72.8 Å². The van der Waals surface area contributed by atoms with Crippen molar-refractivity contribution in [2.45, 2.75) is 58.3 Å². The summed E-state index contributed by atoms with van der Waals surface area (Å²) < 4.78 is 11.5. The Morgan fingerprint density at radius 3 is 2.29 bits per heavy atom. The highest BCUT2D eigenvalue weighted by Crippen LogP contribution is 2.33. The summed E-state index contributed by atoms with van der Waals surface area (Å²) in [6, 6.07) is 20.9. The number of ether oxygens (including phenoxy) is 2. The maximum Gasteiger partial charge on any atom is 0.305 e. The van der Waals surface area contributed by atoms with Crippen molar-refractivity contribution in [1.82, 2.24) is 5.32 Å². The van der Waals surface area contributed by atoms with E-state index in [1.165, 1.54) is 0 Å². The van der Waals surface area contributed by atoms with Crippen LogP contribution in [0.25, 0.3) is 0 Å². The van der Waals surface area contributed by atoms with Crippen LogP contribution < -0.4 is 20.3 Å². The van der Waals surface area contributed by atoms with Crippen LogP contribution in [-0.2, 0) is 14.3 Å². The van der Waals surface area contributed by atoms with Crippen molar-refractivity contribution in [1.29, 1.82) is 0 Å². The molecular formula is C32H37N3O6. The summed E-state index contributed by atoms with van der Waals surface area (Å²) in [6.07, 6.45) is -1.07. The third-order valence-corrected chi connectivity index (χ3v) is 7.05. The molecule has 1 aliphatic rings. The van der Waals surface area contributed by atoms with E-state index in [-0.39, 0.29) is 30.0 Å². The van der Waals surface area contributed by atoms with Crippen LogP contribution in [0.3, 0.4) is 0 Å². The summed E-state index contributed by atoms with van der Waals surface area (Å²) in [6.45, 7) is 8.74. The number of para-hydroxylation sites is 1. The second kappa shape index (κ2) is 13.3. The predicted molar refractivity (Wildman–Crippen MR) is 157 cm³/mol. The molecule has 216 valence electrons. The summed E-state index contributed by atoms with van der Waals surface area (Å²) in [5, 5.41) is 15.3. The predicted octanol–water partition coefficient (Wildman–Crippen LogP) is 4.96. The maximum atomic E-state index is 13.4. The Hall–Kier alpha value is -4.37. The Labute approximate surface area is 240 Å². The molecule has 0 aromatic heterocycles. The molecular weight excluding hydrogens is 522 g/mol. The number of hydrogen-bond acceptors (Lipinski definition) is 6. The molecule has 9 heteroatoms. The highest BCUT2D eigenvalue weighted by molar-refractivity contribution is 6.01. The van der Waals surface area contributed by atoms with Gasteiger partial charge in [-0.25, -0.2) is 0 Å². The minimum Gasteiger partial charge on any atom is -0.481 e. The lowest BCUT2D eigenvalue weighted by atomic mass is 10.0. The van der Waals surface area contributed by atoms with Crippen molar-refractivity contribution in [3.8, 4) is 5.75 Å². The number of nitrogens with zero attached hydrogens (tertiary/aromatic N) is 1. The highest BCUT2D eigenvalue weighted by atomic mass is 16.5. The van der Waals surface area contributed by atoms with Crippen LogP contribution >= 0.6 is 0 Å². The van der Waals surface area contributed by atoms with Crippen molar-refractivity contribution in [3.05, 3.63) is 89.5 Å². The molecule has 41 heavy (non-hydrogen) atoms. The molecule has 1 saturated heterocycles. The van der Waals surface area contributed by atoms with Crippen LogP contribution in [0.4, 0.5) is 11.4 Å². The van der Waals surface area contributed by atoms with Gasteiger partial charge in [0.25, 0.3) is 11.8 Å². The van der Waals surface area contributed by atoms with Gasteiger partial charge in [0.15, 0.2) is 6.10 Å². The zero-order chi connectivity index (χ0) is 29.5. The Morgan fingerprint density at radius 1 is 1.00 bits per heavy atom. The Bertz CT molecular complexity index is 1350. The Kier molecular flexibility index (Phi) is 9.62. The molecule has 1 fully saturated rings. The molecule has 4 atom stereocenters. The van der Waals surface area contributed by atoms with Gasteiger partial charge in [0.1, 0.15) is 5.75 Å². The number of rotatable bonds is 10. The van der Waals surface area contributed by atoms with Gasteiger partial charge >= 0.3 is 5.97 Å².